The highest BCUT2D eigenvalue weighted by molar-refractivity contribution is 7.10. The van der Waals surface area contributed by atoms with Crippen LogP contribution >= 0.6 is 11.3 Å². The number of pyridine rings is 1. The highest BCUT2D eigenvalue weighted by Gasteiger charge is 2.06. The van der Waals surface area contributed by atoms with Crippen LogP contribution in [-0.2, 0) is 13.1 Å². The Morgan fingerprint density at radius 2 is 2.15 bits per heavy atom. The van der Waals surface area contributed by atoms with Gasteiger partial charge in [-0.15, -0.1) is 11.3 Å². The fraction of sp³-hybridized carbons (Fsp3) is 0.286. The third-order valence-corrected chi connectivity index (χ3v) is 3.88. The molecule has 0 unspecified atom stereocenters. The first kappa shape index (κ1) is 14.3. The predicted molar refractivity (Wildman–Crippen MR) is 78.9 cm³/mol. The first-order valence-corrected chi connectivity index (χ1v) is 7.11. The van der Waals surface area contributed by atoms with E-state index in [4.69, 9.17) is 4.74 Å². The van der Waals surface area contributed by atoms with Crippen molar-refractivity contribution in [3.8, 4) is 5.88 Å². The molecular weight excluding hydrogens is 274 g/mol. The fourth-order valence-electron chi connectivity index (χ4n) is 1.73. The molecule has 0 aromatic carbocycles. The Morgan fingerprint density at radius 3 is 2.85 bits per heavy atom. The minimum Gasteiger partial charge on any atom is -0.481 e. The number of amides is 2. The van der Waals surface area contributed by atoms with Gasteiger partial charge in [-0.2, -0.15) is 0 Å². The van der Waals surface area contributed by atoms with Crippen LogP contribution in [0, 0.1) is 6.92 Å². The van der Waals surface area contributed by atoms with Gasteiger partial charge in [0.25, 0.3) is 0 Å². The van der Waals surface area contributed by atoms with Crippen molar-refractivity contribution in [3.05, 3.63) is 45.8 Å². The number of ether oxygens (including phenoxy) is 1. The molecule has 0 saturated carbocycles. The number of urea groups is 1. The first-order chi connectivity index (χ1) is 9.70. The third-order valence-electron chi connectivity index (χ3n) is 2.86. The quantitative estimate of drug-likeness (QED) is 0.889. The number of aryl methyl sites for hydroxylation is 1. The van der Waals surface area contributed by atoms with E-state index in [2.05, 4.69) is 15.6 Å². The van der Waals surface area contributed by atoms with Gasteiger partial charge in [0.1, 0.15) is 0 Å². The number of carbonyl (C=O) groups is 1. The zero-order valence-corrected chi connectivity index (χ0v) is 12.3. The van der Waals surface area contributed by atoms with E-state index in [0.29, 0.717) is 19.0 Å². The molecule has 0 aliphatic carbocycles. The Balaban J connectivity index is 1.82. The molecule has 0 saturated heterocycles. The third kappa shape index (κ3) is 3.71. The van der Waals surface area contributed by atoms with Crippen LogP contribution in [0.15, 0.2) is 29.8 Å². The summed E-state index contributed by atoms with van der Waals surface area (Å²) in [5, 5.41) is 7.64. The summed E-state index contributed by atoms with van der Waals surface area (Å²) in [4.78, 5) is 17.0. The van der Waals surface area contributed by atoms with Crippen LogP contribution in [0.4, 0.5) is 4.79 Å². The van der Waals surface area contributed by atoms with E-state index in [9.17, 15) is 4.79 Å². The van der Waals surface area contributed by atoms with Crippen molar-refractivity contribution < 1.29 is 9.53 Å². The van der Waals surface area contributed by atoms with Crippen molar-refractivity contribution in [1.82, 2.24) is 15.6 Å². The molecule has 0 atom stereocenters. The molecular formula is C14H17N3O2S. The molecule has 0 fully saturated rings. The van der Waals surface area contributed by atoms with Crippen LogP contribution < -0.4 is 15.4 Å². The second-order valence-corrected chi connectivity index (χ2v) is 5.24. The molecule has 2 aromatic rings. The van der Waals surface area contributed by atoms with E-state index in [1.807, 2.05) is 30.5 Å². The number of hydrogen-bond donors (Lipinski definition) is 2. The summed E-state index contributed by atoms with van der Waals surface area (Å²) < 4.78 is 5.13. The number of hydrogen-bond acceptors (Lipinski definition) is 4. The molecule has 0 radical (unpaired) electrons. The summed E-state index contributed by atoms with van der Waals surface area (Å²) in [5.41, 5.74) is 2.04. The van der Waals surface area contributed by atoms with Gasteiger partial charge in [-0.1, -0.05) is 6.07 Å². The average Bonchev–Trinajstić information content (AvgIpc) is 2.88. The van der Waals surface area contributed by atoms with Crippen LogP contribution in [0.2, 0.25) is 0 Å². The molecule has 2 N–H and O–H groups in total. The van der Waals surface area contributed by atoms with Crippen molar-refractivity contribution in [3.63, 3.8) is 0 Å². The summed E-state index contributed by atoms with van der Waals surface area (Å²) in [6.45, 7) is 2.96. The van der Waals surface area contributed by atoms with Crippen molar-refractivity contribution >= 4 is 17.4 Å². The van der Waals surface area contributed by atoms with Crippen molar-refractivity contribution in [1.29, 1.82) is 0 Å². The van der Waals surface area contributed by atoms with E-state index in [-0.39, 0.29) is 6.03 Å². The lowest BCUT2D eigenvalue weighted by molar-refractivity contribution is 0.240. The maximum absolute atomic E-state index is 11.7. The average molecular weight is 291 g/mol. The standard InChI is InChI=1S/C14H17N3O2S/c1-10-5-7-20-12(10)9-17-14(18)16-8-11-4-3-6-15-13(11)19-2/h3-7H,8-9H2,1-2H3,(H2,16,17,18). The molecule has 5 nitrogen and oxygen atoms in total. The van der Waals surface area contributed by atoms with Crippen molar-refractivity contribution in [2.45, 2.75) is 20.0 Å². The maximum Gasteiger partial charge on any atom is 0.315 e. The Bertz CT molecular complexity index is 583. The highest BCUT2D eigenvalue weighted by Crippen LogP contribution is 2.15. The van der Waals surface area contributed by atoms with Crippen LogP contribution in [0.1, 0.15) is 16.0 Å². The van der Waals surface area contributed by atoms with Crippen molar-refractivity contribution in [2.75, 3.05) is 7.11 Å². The Labute approximate surface area is 122 Å². The second-order valence-electron chi connectivity index (χ2n) is 4.23. The predicted octanol–water partition coefficient (Wildman–Crippen LogP) is 2.46. The van der Waals surface area contributed by atoms with E-state index in [0.717, 1.165) is 5.56 Å². The normalized spacial score (nSPS) is 10.1. The zero-order chi connectivity index (χ0) is 14.4. The number of thiophene rings is 1. The van der Waals surface area contributed by atoms with E-state index in [1.54, 1.807) is 24.6 Å². The Hall–Kier alpha value is -2.08. The smallest absolute Gasteiger partial charge is 0.315 e. The SMILES string of the molecule is COc1ncccc1CNC(=O)NCc1sccc1C. The van der Waals surface area contributed by atoms with Crippen molar-refractivity contribution in [2.24, 2.45) is 0 Å². The van der Waals surface area contributed by atoms with Gasteiger partial charge < -0.3 is 15.4 Å². The number of nitrogens with one attached hydrogen (secondary N) is 2. The van der Waals surface area contributed by atoms with Gasteiger partial charge in [-0.3, -0.25) is 0 Å². The van der Waals surface area contributed by atoms with Crippen LogP contribution in [0.3, 0.4) is 0 Å². The van der Waals surface area contributed by atoms with Gasteiger partial charge in [0.2, 0.25) is 5.88 Å². The van der Waals surface area contributed by atoms with Gasteiger partial charge in [0.05, 0.1) is 13.7 Å². The fourth-order valence-corrected chi connectivity index (χ4v) is 2.57. The van der Waals surface area contributed by atoms with E-state index in [1.165, 1.54) is 10.4 Å². The number of methoxy groups -OCH3 is 1. The monoisotopic (exact) mass is 291 g/mol. The van der Waals surface area contributed by atoms with Crippen LogP contribution in [0.25, 0.3) is 0 Å². The minimum atomic E-state index is -0.205. The molecule has 2 heterocycles. The molecule has 6 heteroatoms. The van der Waals surface area contributed by atoms with Gasteiger partial charge in [-0.25, -0.2) is 9.78 Å². The first-order valence-electron chi connectivity index (χ1n) is 6.23. The van der Waals surface area contributed by atoms with E-state index < -0.39 is 0 Å². The molecule has 2 amide bonds. The molecule has 106 valence electrons. The second kappa shape index (κ2) is 6.91. The number of nitrogens with zero attached hydrogens (tertiary/aromatic N) is 1. The Kier molecular flexibility index (Phi) is 4.95. The molecule has 20 heavy (non-hydrogen) atoms. The number of carbonyl (C=O) groups excluding carboxylic acids is 1. The van der Waals surface area contributed by atoms with Gasteiger partial charge >= 0.3 is 6.03 Å². The largest absolute Gasteiger partial charge is 0.481 e. The van der Waals surface area contributed by atoms with Gasteiger partial charge in [0, 0.05) is 23.2 Å². The summed E-state index contributed by atoms with van der Waals surface area (Å²) in [7, 11) is 1.56. The van der Waals surface area contributed by atoms with Gasteiger partial charge in [-0.05, 0) is 30.0 Å². The van der Waals surface area contributed by atoms with Crippen LogP contribution in [-0.4, -0.2) is 18.1 Å². The van der Waals surface area contributed by atoms with Crippen LogP contribution in [0.5, 0.6) is 5.88 Å². The lowest BCUT2D eigenvalue weighted by Crippen LogP contribution is -2.34. The maximum atomic E-state index is 11.7. The molecule has 0 spiro atoms. The number of rotatable bonds is 5. The minimum absolute atomic E-state index is 0.205. The molecule has 0 bridgehead atoms. The lowest BCUT2D eigenvalue weighted by atomic mass is 10.2. The lowest BCUT2D eigenvalue weighted by Gasteiger charge is -2.09. The summed E-state index contributed by atoms with van der Waals surface area (Å²) in [6, 6.07) is 5.52. The highest BCUT2D eigenvalue weighted by atomic mass is 32.1. The summed E-state index contributed by atoms with van der Waals surface area (Å²) >= 11 is 1.64. The molecule has 0 aliphatic heterocycles. The topological polar surface area (TPSA) is 63.2 Å². The number of aromatic nitrogens is 1. The summed E-state index contributed by atoms with van der Waals surface area (Å²) in [5.74, 6) is 0.530. The molecule has 2 rings (SSSR count). The van der Waals surface area contributed by atoms with Gasteiger partial charge in [0.15, 0.2) is 0 Å². The zero-order valence-electron chi connectivity index (χ0n) is 11.5. The molecule has 2 aromatic heterocycles. The molecule has 0 aliphatic rings. The summed E-state index contributed by atoms with van der Waals surface area (Å²) in [6.07, 6.45) is 1.65. The Morgan fingerprint density at radius 1 is 1.35 bits per heavy atom. The van der Waals surface area contributed by atoms with E-state index >= 15 is 0 Å².